The number of hydrogen-bond donors (Lipinski definition) is 1. The van der Waals surface area contributed by atoms with Crippen molar-refractivity contribution >= 4 is 11.6 Å². The number of rotatable bonds is 1. The Labute approximate surface area is 108 Å². The van der Waals surface area contributed by atoms with Crippen LogP contribution in [0.4, 0.5) is 5.69 Å². The van der Waals surface area contributed by atoms with Gasteiger partial charge in [-0.1, -0.05) is 18.2 Å². The van der Waals surface area contributed by atoms with Crippen molar-refractivity contribution in [2.45, 2.75) is 31.6 Å². The van der Waals surface area contributed by atoms with E-state index in [1.54, 1.807) is 0 Å². The van der Waals surface area contributed by atoms with E-state index >= 15 is 0 Å². The second-order valence-electron chi connectivity index (χ2n) is 5.35. The monoisotopic (exact) mass is 244 g/mol. The first-order chi connectivity index (χ1) is 8.77. The maximum Gasteiger partial charge on any atom is 0.227 e. The quantitative estimate of drug-likeness (QED) is 0.820. The van der Waals surface area contributed by atoms with Crippen molar-refractivity contribution in [3.63, 3.8) is 0 Å². The maximum atomic E-state index is 11.9. The smallest absolute Gasteiger partial charge is 0.227 e. The molecule has 1 N–H and O–H groups in total. The van der Waals surface area contributed by atoms with Crippen molar-refractivity contribution in [2.24, 2.45) is 0 Å². The lowest BCUT2D eigenvalue weighted by atomic mass is 9.86. The van der Waals surface area contributed by atoms with E-state index in [4.69, 9.17) is 0 Å². The highest BCUT2D eigenvalue weighted by molar-refractivity contribution is 5.96. The van der Waals surface area contributed by atoms with Gasteiger partial charge in [-0.3, -0.25) is 4.79 Å². The molecular formula is C15H20N2O. The Kier molecular flexibility index (Phi) is 3.08. The van der Waals surface area contributed by atoms with Gasteiger partial charge in [0.05, 0.1) is 0 Å². The molecule has 0 spiro atoms. The summed E-state index contributed by atoms with van der Waals surface area (Å²) >= 11 is 0. The van der Waals surface area contributed by atoms with Gasteiger partial charge in [0.25, 0.3) is 0 Å². The summed E-state index contributed by atoms with van der Waals surface area (Å²) in [5.41, 5.74) is 3.87. The number of aryl methyl sites for hydroxylation is 1. The second-order valence-corrected chi connectivity index (χ2v) is 5.35. The zero-order valence-electron chi connectivity index (χ0n) is 10.9. The molecule has 2 aliphatic heterocycles. The first-order valence-corrected chi connectivity index (χ1v) is 6.86. The average molecular weight is 244 g/mol. The lowest BCUT2D eigenvalue weighted by molar-refractivity contribution is -0.118. The molecule has 18 heavy (non-hydrogen) atoms. The van der Waals surface area contributed by atoms with Gasteiger partial charge >= 0.3 is 0 Å². The van der Waals surface area contributed by atoms with Crippen LogP contribution in [-0.4, -0.2) is 26.0 Å². The van der Waals surface area contributed by atoms with Gasteiger partial charge in [0.1, 0.15) is 0 Å². The Morgan fingerprint density at radius 3 is 3.00 bits per heavy atom. The van der Waals surface area contributed by atoms with E-state index in [2.05, 4.69) is 23.5 Å². The molecule has 1 fully saturated rings. The van der Waals surface area contributed by atoms with Gasteiger partial charge in [-0.05, 0) is 42.9 Å². The highest BCUT2D eigenvalue weighted by Gasteiger charge is 2.27. The number of piperidine rings is 1. The van der Waals surface area contributed by atoms with Gasteiger partial charge in [-0.15, -0.1) is 0 Å². The minimum Gasteiger partial charge on any atom is -0.316 e. The Hall–Kier alpha value is -1.35. The van der Waals surface area contributed by atoms with Crippen LogP contribution in [0, 0.1) is 0 Å². The van der Waals surface area contributed by atoms with Crippen LogP contribution in [0.3, 0.4) is 0 Å². The van der Waals surface area contributed by atoms with Gasteiger partial charge in [0, 0.05) is 25.7 Å². The molecule has 2 heterocycles. The first-order valence-electron chi connectivity index (χ1n) is 6.86. The van der Waals surface area contributed by atoms with Crippen molar-refractivity contribution in [1.29, 1.82) is 0 Å². The summed E-state index contributed by atoms with van der Waals surface area (Å²) in [6.07, 6.45) is 4.00. The fourth-order valence-corrected chi connectivity index (χ4v) is 3.20. The second kappa shape index (κ2) is 4.73. The van der Waals surface area contributed by atoms with E-state index in [1.807, 2.05) is 11.9 Å². The van der Waals surface area contributed by atoms with Gasteiger partial charge in [0.2, 0.25) is 5.91 Å². The lowest BCUT2D eigenvalue weighted by Gasteiger charge is -2.32. The molecular weight excluding hydrogens is 224 g/mol. The van der Waals surface area contributed by atoms with Gasteiger partial charge in [-0.2, -0.15) is 0 Å². The number of hydrogen-bond acceptors (Lipinski definition) is 2. The van der Waals surface area contributed by atoms with Crippen LogP contribution in [-0.2, 0) is 11.2 Å². The largest absolute Gasteiger partial charge is 0.316 e. The Morgan fingerprint density at radius 2 is 2.22 bits per heavy atom. The predicted octanol–water partition coefficient (Wildman–Crippen LogP) is 2.06. The summed E-state index contributed by atoms with van der Waals surface area (Å²) in [6.45, 7) is 2.17. The molecule has 2 aliphatic rings. The molecule has 0 bridgehead atoms. The standard InChI is InChI=1S/C15H20N2O/c1-17-14(18)8-7-11-4-2-6-13(15(11)17)12-5-3-9-16-10-12/h2,4,6,12,16H,3,5,7-10H2,1H3. The summed E-state index contributed by atoms with van der Waals surface area (Å²) in [4.78, 5) is 13.8. The minimum absolute atomic E-state index is 0.249. The van der Waals surface area contributed by atoms with Crippen molar-refractivity contribution < 1.29 is 4.79 Å². The number of para-hydroxylation sites is 1. The highest BCUT2D eigenvalue weighted by atomic mass is 16.2. The molecule has 96 valence electrons. The number of benzene rings is 1. The summed E-state index contributed by atoms with van der Waals surface area (Å²) in [6, 6.07) is 6.51. The predicted molar refractivity (Wildman–Crippen MR) is 73.0 cm³/mol. The molecule has 1 aromatic rings. The third kappa shape index (κ3) is 1.93. The number of nitrogens with zero attached hydrogens (tertiary/aromatic N) is 1. The summed E-state index contributed by atoms with van der Waals surface area (Å²) in [5.74, 6) is 0.806. The molecule has 1 aromatic carbocycles. The third-order valence-electron chi connectivity index (χ3n) is 4.21. The molecule has 3 heteroatoms. The van der Waals surface area contributed by atoms with E-state index in [0.717, 1.165) is 19.5 Å². The molecule has 0 radical (unpaired) electrons. The van der Waals surface area contributed by atoms with Gasteiger partial charge < -0.3 is 10.2 Å². The Bertz CT molecular complexity index is 464. The first kappa shape index (κ1) is 11.7. The molecule has 1 unspecified atom stereocenters. The third-order valence-corrected chi connectivity index (χ3v) is 4.21. The van der Waals surface area contributed by atoms with Crippen LogP contribution < -0.4 is 10.2 Å². The van der Waals surface area contributed by atoms with Crippen LogP contribution >= 0.6 is 0 Å². The van der Waals surface area contributed by atoms with E-state index in [1.165, 1.54) is 29.7 Å². The lowest BCUT2D eigenvalue weighted by Crippen LogP contribution is -2.34. The normalized spacial score (nSPS) is 23.9. The van der Waals surface area contributed by atoms with E-state index < -0.39 is 0 Å². The molecule has 3 nitrogen and oxygen atoms in total. The van der Waals surface area contributed by atoms with Crippen LogP contribution in [0.15, 0.2) is 18.2 Å². The van der Waals surface area contributed by atoms with Crippen LogP contribution in [0.2, 0.25) is 0 Å². The van der Waals surface area contributed by atoms with Crippen LogP contribution in [0.5, 0.6) is 0 Å². The molecule has 0 aliphatic carbocycles. The fourth-order valence-electron chi connectivity index (χ4n) is 3.20. The van der Waals surface area contributed by atoms with E-state index in [0.29, 0.717) is 12.3 Å². The number of carbonyl (C=O) groups excluding carboxylic acids is 1. The Balaban J connectivity index is 2.02. The van der Waals surface area contributed by atoms with Crippen molar-refractivity contribution in [3.8, 4) is 0 Å². The molecule has 1 amide bonds. The van der Waals surface area contributed by atoms with Crippen molar-refractivity contribution in [2.75, 3.05) is 25.0 Å². The van der Waals surface area contributed by atoms with Gasteiger partial charge in [0.15, 0.2) is 0 Å². The van der Waals surface area contributed by atoms with Crippen LogP contribution in [0.1, 0.15) is 36.3 Å². The number of amides is 1. The molecule has 1 atom stereocenters. The SMILES string of the molecule is CN1C(=O)CCc2cccc(C3CCCNC3)c21. The maximum absolute atomic E-state index is 11.9. The van der Waals surface area contributed by atoms with E-state index in [-0.39, 0.29) is 5.91 Å². The number of carbonyl (C=O) groups is 1. The number of anilines is 1. The minimum atomic E-state index is 0.249. The van der Waals surface area contributed by atoms with Crippen molar-refractivity contribution in [3.05, 3.63) is 29.3 Å². The van der Waals surface area contributed by atoms with E-state index in [9.17, 15) is 4.79 Å². The van der Waals surface area contributed by atoms with Gasteiger partial charge in [-0.25, -0.2) is 0 Å². The zero-order valence-corrected chi connectivity index (χ0v) is 10.9. The highest BCUT2D eigenvalue weighted by Crippen LogP contribution is 2.36. The van der Waals surface area contributed by atoms with Crippen molar-refractivity contribution in [1.82, 2.24) is 5.32 Å². The number of fused-ring (bicyclic) bond motifs is 1. The summed E-state index contributed by atoms with van der Waals surface area (Å²) in [5, 5.41) is 3.46. The molecule has 3 rings (SSSR count). The number of nitrogens with one attached hydrogen (secondary N) is 1. The molecule has 0 aromatic heterocycles. The zero-order chi connectivity index (χ0) is 12.5. The molecule has 0 saturated carbocycles. The molecule has 1 saturated heterocycles. The average Bonchev–Trinajstić information content (AvgIpc) is 2.43. The van der Waals surface area contributed by atoms with Crippen LogP contribution in [0.25, 0.3) is 0 Å². The summed E-state index contributed by atoms with van der Waals surface area (Å²) < 4.78 is 0. The Morgan fingerprint density at radius 1 is 1.33 bits per heavy atom. The topological polar surface area (TPSA) is 32.3 Å². The fraction of sp³-hybridized carbons (Fsp3) is 0.533. The summed E-state index contributed by atoms with van der Waals surface area (Å²) in [7, 11) is 1.92.